The number of alkyl halides is 3. The van der Waals surface area contributed by atoms with Crippen molar-refractivity contribution in [2.75, 3.05) is 32.9 Å². The van der Waals surface area contributed by atoms with Gasteiger partial charge in [-0.3, -0.25) is 4.90 Å². The van der Waals surface area contributed by atoms with Crippen LogP contribution >= 0.6 is 0 Å². The van der Waals surface area contributed by atoms with E-state index >= 15 is 0 Å². The van der Waals surface area contributed by atoms with Gasteiger partial charge in [0.2, 0.25) is 5.79 Å². The molecule has 1 N–H and O–H groups in total. The van der Waals surface area contributed by atoms with Gasteiger partial charge >= 0.3 is 15.6 Å². The van der Waals surface area contributed by atoms with Gasteiger partial charge in [0, 0.05) is 31.2 Å². The number of ether oxygens (including phenoxy) is 4. The zero-order valence-corrected chi connectivity index (χ0v) is 20.8. The number of halogens is 3. The van der Waals surface area contributed by atoms with Crippen LogP contribution in [-0.4, -0.2) is 86.5 Å². The second kappa shape index (κ2) is 7.72. The number of benzene rings is 1. The Morgan fingerprint density at radius 1 is 1.14 bits per heavy atom. The molecule has 0 radical (unpaired) electrons. The third-order valence-corrected chi connectivity index (χ3v) is 10.2. The summed E-state index contributed by atoms with van der Waals surface area (Å²) in [5.41, 5.74) is -6.65. The van der Waals surface area contributed by atoms with E-state index in [0.29, 0.717) is 57.6 Å². The van der Waals surface area contributed by atoms with E-state index in [1.165, 1.54) is 6.07 Å². The minimum absolute atomic E-state index is 0.0832. The molecule has 204 valence electrons. The largest absolute Gasteiger partial charge is 0.534 e. The fraction of sp³-hybridized carbons (Fsp3) is 0.750. The molecule has 3 unspecified atom stereocenters. The van der Waals surface area contributed by atoms with E-state index in [4.69, 9.17) is 18.9 Å². The molecule has 1 saturated carbocycles. The molecule has 2 aliphatic carbocycles. The summed E-state index contributed by atoms with van der Waals surface area (Å²) in [6, 6.07) is 2.52. The first-order valence-corrected chi connectivity index (χ1v) is 14.1. The van der Waals surface area contributed by atoms with Gasteiger partial charge in [0.25, 0.3) is 0 Å². The predicted molar refractivity (Wildman–Crippen MR) is 120 cm³/mol. The Morgan fingerprint density at radius 3 is 2.62 bits per heavy atom. The fourth-order valence-corrected chi connectivity index (χ4v) is 8.31. The molecule has 1 aromatic rings. The maximum atomic E-state index is 13.2. The van der Waals surface area contributed by atoms with Crippen molar-refractivity contribution in [1.82, 2.24) is 4.90 Å². The van der Waals surface area contributed by atoms with Gasteiger partial charge in [0.05, 0.1) is 30.3 Å². The molecule has 3 saturated heterocycles. The zero-order chi connectivity index (χ0) is 25.8. The van der Waals surface area contributed by atoms with Crippen molar-refractivity contribution >= 4 is 10.1 Å². The Balaban J connectivity index is 1.37. The minimum Gasteiger partial charge on any atom is -0.479 e. The van der Waals surface area contributed by atoms with Crippen LogP contribution in [0.25, 0.3) is 0 Å². The summed E-state index contributed by atoms with van der Waals surface area (Å²) < 4.78 is 92.3. The van der Waals surface area contributed by atoms with Crippen LogP contribution in [0, 0.1) is 0 Å². The predicted octanol–water partition coefficient (Wildman–Crippen LogP) is 1.99. The van der Waals surface area contributed by atoms with Crippen LogP contribution in [0.1, 0.15) is 43.2 Å². The maximum absolute atomic E-state index is 13.2. The number of nitrogens with zero attached hydrogens (tertiary/aromatic N) is 1. The van der Waals surface area contributed by atoms with Crippen molar-refractivity contribution in [3.8, 4) is 11.5 Å². The first-order valence-electron chi connectivity index (χ1n) is 12.7. The Labute approximate surface area is 211 Å². The van der Waals surface area contributed by atoms with Crippen LogP contribution in [0.5, 0.6) is 11.5 Å². The smallest absolute Gasteiger partial charge is 0.479 e. The van der Waals surface area contributed by atoms with Crippen LogP contribution in [0.4, 0.5) is 13.2 Å². The number of hydrogen-bond acceptors (Lipinski definition) is 9. The molecule has 2 spiro atoms. The number of rotatable bonds is 4. The first kappa shape index (κ1) is 24.4. The van der Waals surface area contributed by atoms with E-state index in [-0.39, 0.29) is 17.9 Å². The lowest BCUT2D eigenvalue weighted by atomic mass is 9.48. The summed E-state index contributed by atoms with van der Waals surface area (Å²) in [5.74, 6) is -1.82. The average molecular weight is 548 g/mol. The van der Waals surface area contributed by atoms with Gasteiger partial charge in [-0.25, -0.2) is 0 Å². The fourth-order valence-electron chi connectivity index (χ4n) is 7.84. The monoisotopic (exact) mass is 547 g/mol. The van der Waals surface area contributed by atoms with Crippen LogP contribution in [0.2, 0.25) is 0 Å². The van der Waals surface area contributed by atoms with Crippen molar-refractivity contribution in [3.63, 3.8) is 0 Å². The summed E-state index contributed by atoms with van der Waals surface area (Å²) in [5, 5.41) is 12.5. The highest BCUT2D eigenvalue weighted by atomic mass is 32.2. The average Bonchev–Trinajstić information content (AvgIpc) is 3.57. The van der Waals surface area contributed by atoms with Crippen LogP contribution in [0.3, 0.4) is 0 Å². The molecular weight excluding hydrogens is 519 g/mol. The van der Waals surface area contributed by atoms with E-state index in [2.05, 4.69) is 9.08 Å². The molecule has 6 aliphatic rings. The number of aliphatic hydroxyl groups is 1. The third-order valence-electron chi connectivity index (χ3n) is 9.28. The van der Waals surface area contributed by atoms with Crippen molar-refractivity contribution in [2.45, 2.75) is 79.1 Å². The third kappa shape index (κ3) is 3.12. The van der Waals surface area contributed by atoms with Gasteiger partial charge in [-0.05, 0) is 50.3 Å². The lowest BCUT2D eigenvalue weighted by molar-refractivity contribution is -0.297. The highest BCUT2D eigenvalue weighted by Gasteiger charge is 2.77. The molecule has 1 aromatic carbocycles. The van der Waals surface area contributed by atoms with E-state index in [1.807, 2.05) is 0 Å². The number of hydrogen-bond donors (Lipinski definition) is 1. The van der Waals surface area contributed by atoms with Crippen LogP contribution in [-0.2, 0) is 36.2 Å². The van der Waals surface area contributed by atoms with Gasteiger partial charge in [-0.15, -0.1) is 0 Å². The number of fused-ring (bicyclic) bond motifs is 1. The quantitative estimate of drug-likeness (QED) is 0.448. The molecule has 9 nitrogen and oxygen atoms in total. The Morgan fingerprint density at radius 2 is 1.92 bits per heavy atom. The molecule has 2 bridgehead atoms. The Bertz CT molecular complexity index is 1230. The second-order valence-corrected chi connectivity index (χ2v) is 12.5. The summed E-state index contributed by atoms with van der Waals surface area (Å²) in [6.45, 7) is 2.64. The number of piperidine rings is 1. The maximum Gasteiger partial charge on any atom is 0.534 e. The Hall–Kier alpha value is -1.64. The molecule has 0 amide bonds. The van der Waals surface area contributed by atoms with E-state index in [1.54, 1.807) is 6.07 Å². The van der Waals surface area contributed by atoms with E-state index in [9.17, 15) is 26.7 Å². The molecule has 13 heteroatoms. The standard InChI is InChI=1S/C24H28F3NO8S/c25-24(26,27)37(30,31)36-16-4-3-14-12-17-22(29)5-6-23(33-10-11-34-23)20-21(22,18(14)19(16)35-20)7-8-28(17)13-15-2-1-9-32-15/h3-4,15,17,20,29H,1-2,5-13H2/t15?,17-,20?,21+,22?/m1/s1. The van der Waals surface area contributed by atoms with E-state index in [0.717, 1.165) is 25.0 Å². The van der Waals surface area contributed by atoms with Crippen molar-refractivity contribution < 1.29 is 49.8 Å². The molecule has 37 heavy (non-hydrogen) atoms. The highest BCUT2D eigenvalue weighted by Crippen LogP contribution is 2.68. The summed E-state index contributed by atoms with van der Waals surface area (Å²) >= 11 is 0. The number of likely N-dealkylation sites (tertiary alicyclic amines) is 1. The van der Waals surface area contributed by atoms with Gasteiger partial charge in [0.1, 0.15) is 0 Å². The molecule has 4 heterocycles. The first-order chi connectivity index (χ1) is 17.5. The lowest BCUT2D eigenvalue weighted by Crippen LogP contribution is -2.79. The van der Waals surface area contributed by atoms with Crippen molar-refractivity contribution in [2.24, 2.45) is 0 Å². The van der Waals surface area contributed by atoms with Crippen LogP contribution < -0.4 is 8.92 Å². The molecule has 0 aromatic heterocycles. The van der Waals surface area contributed by atoms with E-state index < -0.39 is 44.3 Å². The van der Waals surface area contributed by atoms with Gasteiger partial charge in [-0.2, -0.15) is 21.6 Å². The molecule has 4 fully saturated rings. The Kier molecular flexibility index (Phi) is 5.09. The molecule has 7 rings (SSSR count). The van der Waals surface area contributed by atoms with Crippen LogP contribution in [0.15, 0.2) is 12.1 Å². The minimum atomic E-state index is -5.93. The summed E-state index contributed by atoms with van der Waals surface area (Å²) in [6.07, 6.45) is 2.71. The molecule has 4 aliphatic heterocycles. The zero-order valence-electron chi connectivity index (χ0n) is 20.0. The topological polar surface area (TPSA) is 104 Å². The van der Waals surface area contributed by atoms with Crippen molar-refractivity contribution in [1.29, 1.82) is 0 Å². The SMILES string of the molecule is O=S(=O)(Oc1ccc2c3c1OC1C4(CCC5(O)[C@@H](C2)N(CC2CCCO2)CC[C@]315)OCCO4)C(F)(F)F. The normalized spacial score (nSPS) is 38.0. The van der Waals surface area contributed by atoms with Gasteiger partial charge in [-0.1, -0.05) is 6.07 Å². The van der Waals surface area contributed by atoms with Gasteiger partial charge in [0.15, 0.2) is 17.6 Å². The molecular formula is C24H28F3NO8S. The second-order valence-electron chi connectivity index (χ2n) is 10.9. The highest BCUT2D eigenvalue weighted by molar-refractivity contribution is 7.88. The molecule has 5 atom stereocenters. The lowest BCUT2D eigenvalue weighted by Gasteiger charge is -2.65. The summed E-state index contributed by atoms with van der Waals surface area (Å²) in [4.78, 5) is 2.27. The van der Waals surface area contributed by atoms with Gasteiger partial charge < -0.3 is 28.2 Å². The summed E-state index contributed by atoms with van der Waals surface area (Å²) in [7, 11) is -5.93. The van der Waals surface area contributed by atoms with Crippen molar-refractivity contribution in [3.05, 3.63) is 23.3 Å².